The van der Waals surface area contributed by atoms with Crippen LogP contribution in [-0.2, 0) is 6.54 Å². The van der Waals surface area contributed by atoms with Crippen molar-refractivity contribution in [2.24, 2.45) is 0 Å². The minimum atomic E-state index is -0.175. The Morgan fingerprint density at radius 1 is 1.29 bits per heavy atom. The van der Waals surface area contributed by atoms with Gasteiger partial charge in [0, 0.05) is 17.2 Å². The first-order valence-corrected chi connectivity index (χ1v) is 7.92. The van der Waals surface area contributed by atoms with E-state index < -0.39 is 0 Å². The van der Waals surface area contributed by atoms with Crippen molar-refractivity contribution >= 4 is 49.1 Å². The second-order valence-corrected chi connectivity index (χ2v) is 6.38. The second-order valence-electron chi connectivity index (χ2n) is 4.47. The summed E-state index contributed by atoms with van der Waals surface area (Å²) in [5.41, 5.74) is 8.17. The second kappa shape index (κ2) is 5.83. The Kier molecular flexibility index (Phi) is 3.90. The van der Waals surface area contributed by atoms with Crippen molar-refractivity contribution in [1.29, 1.82) is 0 Å². The maximum Gasteiger partial charge on any atom is 0.263 e. The average Bonchev–Trinajstić information content (AvgIpc) is 2.84. The van der Waals surface area contributed by atoms with Gasteiger partial charge in [0.15, 0.2) is 0 Å². The maximum atomic E-state index is 12.3. The fourth-order valence-electron chi connectivity index (χ4n) is 2.01. The highest BCUT2D eigenvalue weighted by molar-refractivity contribution is 9.10. The van der Waals surface area contributed by atoms with Crippen molar-refractivity contribution in [2.45, 2.75) is 6.54 Å². The van der Waals surface area contributed by atoms with E-state index in [0.29, 0.717) is 22.6 Å². The fraction of sp³-hybridized carbons (Fsp3) is 0.0667. The molecule has 0 aliphatic carbocycles. The van der Waals surface area contributed by atoms with Crippen molar-refractivity contribution in [3.8, 4) is 0 Å². The van der Waals surface area contributed by atoms with Crippen LogP contribution in [0.1, 0.15) is 15.2 Å². The van der Waals surface area contributed by atoms with Crippen molar-refractivity contribution in [3.05, 3.63) is 57.5 Å². The van der Waals surface area contributed by atoms with E-state index in [1.54, 1.807) is 6.20 Å². The van der Waals surface area contributed by atoms with Crippen LogP contribution in [0, 0.1) is 0 Å². The number of amides is 1. The molecule has 2 aromatic heterocycles. The first-order valence-electron chi connectivity index (χ1n) is 6.31. The van der Waals surface area contributed by atoms with E-state index in [-0.39, 0.29) is 5.91 Å². The van der Waals surface area contributed by atoms with Gasteiger partial charge in [-0.25, -0.2) is 0 Å². The number of rotatable bonds is 3. The molecule has 3 rings (SSSR count). The van der Waals surface area contributed by atoms with Crippen molar-refractivity contribution in [3.63, 3.8) is 0 Å². The fourth-order valence-corrected chi connectivity index (χ4v) is 3.44. The normalized spacial score (nSPS) is 10.7. The molecule has 0 saturated carbocycles. The van der Waals surface area contributed by atoms with Gasteiger partial charge < -0.3 is 11.1 Å². The number of pyridine rings is 1. The zero-order valence-corrected chi connectivity index (χ0v) is 13.4. The third kappa shape index (κ3) is 2.77. The van der Waals surface area contributed by atoms with Crippen molar-refractivity contribution in [1.82, 2.24) is 10.3 Å². The lowest BCUT2D eigenvalue weighted by Crippen LogP contribution is -2.22. The van der Waals surface area contributed by atoms with Crippen LogP contribution in [0.5, 0.6) is 0 Å². The van der Waals surface area contributed by atoms with E-state index in [1.165, 1.54) is 11.3 Å². The lowest BCUT2D eigenvalue weighted by Gasteiger charge is -2.06. The molecule has 1 aromatic carbocycles. The van der Waals surface area contributed by atoms with Crippen LogP contribution in [0.2, 0.25) is 0 Å². The van der Waals surface area contributed by atoms with Gasteiger partial charge in [-0.1, -0.05) is 34.1 Å². The molecule has 1 amide bonds. The van der Waals surface area contributed by atoms with Crippen LogP contribution in [0.4, 0.5) is 5.69 Å². The topological polar surface area (TPSA) is 68.0 Å². The van der Waals surface area contributed by atoms with Gasteiger partial charge >= 0.3 is 0 Å². The number of carbonyl (C=O) groups is 1. The van der Waals surface area contributed by atoms with Crippen molar-refractivity contribution in [2.75, 3.05) is 5.73 Å². The molecule has 4 nitrogen and oxygen atoms in total. The number of benzene rings is 1. The van der Waals surface area contributed by atoms with Gasteiger partial charge in [0.1, 0.15) is 10.4 Å². The number of halogens is 1. The highest BCUT2D eigenvalue weighted by atomic mass is 79.9. The lowest BCUT2D eigenvalue weighted by molar-refractivity contribution is 0.0955. The number of fused-ring (bicyclic) bond motifs is 1. The van der Waals surface area contributed by atoms with Crippen LogP contribution in [0.3, 0.4) is 0 Å². The molecular weight excluding hydrogens is 350 g/mol. The molecule has 21 heavy (non-hydrogen) atoms. The summed E-state index contributed by atoms with van der Waals surface area (Å²) in [4.78, 5) is 17.0. The summed E-state index contributed by atoms with van der Waals surface area (Å²) < 4.78 is 1.89. The summed E-state index contributed by atoms with van der Waals surface area (Å²) in [7, 11) is 0. The van der Waals surface area contributed by atoms with Gasteiger partial charge in [-0.15, -0.1) is 11.3 Å². The summed E-state index contributed by atoms with van der Waals surface area (Å²) in [6, 6.07) is 11.5. The molecule has 106 valence electrons. The zero-order valence-electron chi connectivity index (χ0n) is 11.0. The lowest BCUT2D eigenvalue weighted by atomic mass is 10.2. The molecule has 2 heterocycles. The molecule has 0 unspecified atom stereocenters. The molecule has 0 radical (unpaired) electrons. The highest BCUT2D eigenvalue weighted by Gasteiger charge is 2.16. The van der Waals surface area contributed by atoms with Gasteiger partial charge in [0.05, 0.1) is 10.4 Å². The number of nitrogens with two attached hydrogens (primary N) is 1. The van der Waals surface area contributed by atoms with Crippen LogP contribution in [0.25, 0.3) is 10.2 Å². The molecule has 0 saturated heterocycles. The predicted molar refractivity (Wildman–Crippen MR) is 89.3 cm³/mol. The van der Waals surface area contributed by atoms with E-state index in [0.717, 1.165) is 14.7 Å². The number of nitrogens with zero attached hydrogens (tertiary/aromatic N) is 1. The number of nitrogen functional groups attached to an aromatic ring is 1. The molecule has 0 aliphatic rings. The minimum Gasteiger partial charge on any atom is -0.396 e. The van der Waals surface area contributed by atoms with E-state index >= 15 is 0 Å². The molecule has 6 heteroatoms. The van der Waals surface area contributed by atoms with E-state index in [1.807, 2.05) is 36.4 Å². The Balaban J connectivity index is 1.81. The number of nitrogens with one attached hydrogen (secondary N) is 1. The van der Waals surface area contributed by atoms with Crippen LogP contribution in [-0.4, -0.2) is 10.9 Å². The van der Waals surface area contributed by atoms with Crippen LogP contribution >= 0.6 is 27.3 Å². The Morgan fingerprint density at radius 2 is 2.10 bits per heavy atom. The van der Waals surface area contributed by atoms with Crippen LogP contribution in [0.15, 0.2) is 47.1 Å². The number of hydrogen-bond acceptors (Lipinski definition) is 4. The minimum absolute atomic E-state index is 0.175. The van der Waals surface area contributed by atoms with E-state index in [2.05, 4.69) is 26.2 Å². The third-order valence-electron chi connectivity index (χ3n) is 3.09. The van der Waals surface area contributed by atoms with Gasteiger partial charge in [0.25, 0.3) is 5.91 Å². The number of aromatic nitrogens is 1. The Bertz CT molecular complexity index is 816. The first-order chi connectivity index (χ1) is 10.2. The van der Waals surface area contributed by atoms with Gasteiger partial charge in [-0.3, -0.25) is 9.78 Å². The highest BCUT2D eigenvalue weighted by Crippen LogP contribution is 2.31. The molecular formula is C15H12BrN3OS. The summed E-state index contributed by atoms with van der Waals surface area (Å²) >= 11 is 4.82. The van der Waals surface area contributed by atoms with Crippen LogP contribution < -0.4 is 11.1 Å². The monoisotopic (exact) mass is 361 g/mol. The SMILES string of the molecule is Nc1c(C(=O)NCc2ccccc2Br)sc2cccnc12. The third-order valence-corrected chi connectivity index (χ3v) is 5.02. The summed E-state index contributed by atoms with van der Waals surface area (Å²) in [6.07, 6.45) is 1.67. The zero-order chi connectivity index (χ0) is 14.8. The molecule has 0 fully saturated rings. The standard InChI is InChI=1S/C15H12BrN3OS/c16-10-5-2-1-4-9(10)8-19-15(20)14-12(17)13-11(21-14)6-3-7-18-13/h1-7H,8,17H2,(H,19,20). The smallest absolute Gasteiger partial charge is 0.263 e. The molecule has 3 aromatic rings. The number of anilines is 1. The Hall–Kier alpha value is -1.92. The molecule has 0 aliphatic heterocycles. The molecule has 3 N–H and O–H groups in total. The molecule has 0 spiro atoms. The molecule has 0 atom stereocenters. The van der Waals surface area contributed by atoms with Gasteiger partial charge in [0.2, 0.25) is 0 Å². The largest absolute Gasteiger partial charge is 0.396 e. The summed E-state index contributed by atoms with van der Waals surface area (Å²) in [6.45, 7) is 0.446. The van der Waals surface area contributed by atoms with E-state index in [9.17, 15) is 4.79 Å². The number of hydrogen-bond donors (Lipinski definition) is 2. The Morgan fingerprint density at radius 3 is 2.86 bits per heavy atom. The first kappa shape index (κ1) is 14.0. The van der Waals surface area contributed by atoms with Gasteiger partial charge in [-0.2, -0.15) is 0 Å². The molecule has 0 bridgehead atoms. The summed E-state index contributed by atoms with van der Waals surface area (Å²) in [5, 5.41) is 2.89. The van der Waals surface area contributed by atoms with Crippen molar-refractivity contribution < 1.29 is 4.79 Å². The number of thiophene rings is 1. The summed E-state index contributed by atoms with van der Waals surface area (Å²) in [5.74, 6) is -0.175. The number of carbonyl (C=O) groups excluding carboxylic acids is 1. The quantitative estimate of drug-likeness (QED) is 0.749. The maximum absolute atomic E-state index is 12.3. The predicted octanol–water partition coefficient (Wildman–Crippen LogP) is 3.57. The average molecular weight is 362 g/mol. The van der Waals surface area contributed by atoms with E-state index in [4.69, 9.17) is 5.73 Å². The van der Waals surface area contributed by atoms with Gasteiger partial charge in [-0.05, 0) is 23.8 Å². The Labute approximate surface area is 134 Å².